The summed E-state index contributed by atoms with van der Waals surface area (Å²) in [5.74, 6) is 0. The molecule has 36 heavy (non-hydrogen) atoms. The number of likely N-dealkylation sites (N-methyl/N-ethyl adjacent to an activating group) is 1. The van der Waals surface area contributed by atoms with E-state index >= 15 is 0 Å². The van der Waals surface area contributed by atoms with E-state index in [0.717, 1.165) is 103 Å². The lowest BCUT2D eigenvalue weighted by atomic mass is 10.1. The molecule has 2 atom stereocenters. The molecule has 0 aromatic rings. The Bertz CT molecular complexity index is 512. The van der Waals surface area contributed by atoms with Crippen LogP contribution in [0, 0.1) is 0 Å². The van der Waals surface area contributed by atoms with Crippen molar-refractivity contribution in [2.75, 3.05) is 46.3 Å². The fourth-order valence-corrected chi connectivity index (χ4v) is 3.79. The fraction of sp³-hybridized carbons (Fsp3) is 0.742. The maximum Gasteiger partial charge on any atom is 0.0664 e. The number of hydrogen-bond acceptors (Lipinski definition) is 5. The molecule has 210 valence electrons. The Labute approximate surface area is 223 Å². The Morgan fingerprint density at radius 3 is 1.44 bits per heavy atom. The SMILES string of the molecule is CC/C=C\C/C=C\CCCCC(O)CNCCN(C)CCNCC(O)CCCC/C=C\C/C=C\CC. The number of aliphatic hydroxyl groups is 2. The molecule has 0 aliphatic rings. The van der Waals surface area contributed by atoms with E-state index in [4.69, 9.17) is 0 Å². The molecule has 0 aromatic carbocycles. The highest BCUT2D eigenvalue weighted by Crippen LogP contribution is 2.05. The van der Waals surface area contributed by atoms with Crippen LogP contribution in [0.1, 0.15) is 90.9 Å². The van der Waals surface area contributed by atoms with Gasteiger partial charge in [0, 0.05) is 39.3 Å². The summed E-state index contributed by atoms with van der Waals surface area (Å²) in [6.07, 6.45) is 29.9. The van der Waals surface area contributed by atoms with Crippen molar-refractivity contribution in [2.24, 2.45) is 0 Å². The minimum Gasteiger partial charge on any atom is -0.392 e. The first-order chi connectivity index (χ1) is 17.6. The van der Waals surface area contributed by atoms with E-state index < -0.39 is 0 Å². The van der Waals surface area contributed by atoms with Crippen molar-refractivity contribution >= 4 is 0 Å². The second kappa shape index (κ2) is 28.3. The van der Waals surface area contributed by atoms with E-state index in [1.807, 2.05) is 0 Å². The lowest BCUT2D eigenvalue weighted by Gasteiger charge is -2.19. The summed E-state index contributed by atoms with van der Waals surface area (Å²) in [4.78, 5) is 2.28. The molecule has 0 radical (unpaired) electrons. The third kappa shape index (κ3) is 27.3. The molecule has 0 aliphatic carbocycles. The van der Waals surface area contributed by atoms with Crippen LogP contribution >= 0.6 is 0 Å². The van der Waals surface area contributed by atoms with Crippen molar-refractivity contribution in [1.29, 1.82) is 0 Å². The van der Waals surface area contributed by atoms with Gasteiger partial charge in [0.2, 0.25) is 0 Å². The summed E-state index contributed by atoms with van der Waals surface area (Å²) in [7, 11) is 2.12. The summed E-state index contributed by atoms with van der Waals surface area (Å²) in [5, 5.41) is 27.0. The van der Waals surface area contributed by atoms with Crippen LogP contribution in [0.25, 0.3) is 0 Å². The van der Waals surface area contributed by atoms with Gasteiger partial charge >= 0.3 is 0 Å². The average Bonchev–Trinajstić information content (AvgIpc) is 2.87. The van der Waals surface area contributed by atoms with Crippen molar-refractivity contribution in [2.45, 2.75) is 103 Å². The third-order valence-corrected chi connectivity index (χ3v) is 6.10. The van der Waals surface area contributed by atoms with Gasteiger partial charge in [0.1, 0.15) is 0 Å². The first-order valence-electron chi connectivity index (χ1n) is 14.7. The van der Waals surface area contributed by atoms with Gasteiger partial charge in [0.15, 0.2) is 0 Å². The number of rotatable bonds is 26. The van der Waals surface area contributed by atoms with Crippen LogP contribution in [0.5, 0.6) is 0 Å². The topological polar surface area (TPSA) is 67.8 Å². The molecule has 0 spiro atoms. The van der Waals surface area contributed by atoms with Gasteiger partial charge in [-0.05, 0) is 71.3 Å². The van der Waals surface area contributed by atoms with Gasteiger partial charge in [-0.3, -0.25) is 0 Å². The van der Waals surface area contributed by atoms with Gasteiger partial charge in [-0.1, -0.05) is 75.3 Å². The maximum atomic E-state index is 10.1. The molecule has 0 saturated heterocycles. The Kier molecular flexibility index (Phi) is 27.4. The second-order valence-electron chi connectivity index (χ2n) is 9.76. The molecular formula is C31H59N3O2. The normalized spacial score (nSPS) is 14.4. The Morgan fingerprint density at radius 2 is 1.03 bits per heavy atom. The van der Waals surface area contributed by atoms with E-state index in [0.29, 0.717) is 13.1 Å². The third-order valence-electron chi connectivity index (χ3n) is 6.10. The minimum atomic E-state index is -0.256. The Morgan fingerprint density at radius 1 is 0.611 bits per heavy atom. The second-order valence-corrected chi connectivity index (χ2v) is 9.76. The van der Waals surface area contributed by atoms with Crippen LogP contribution < -0.4 is 10.6 Å². The highest BCUT2D eigenvalue weighted by atomic mass is 16.3. The van der Waals surface area contributed by atoms with E-state index in [1.54, 1.807) is 0 Å². The summed E-state index contributed by atoms with van der Waals surface area (Å²) in [5.41, 5.74) is 0. The summed E-state index contributed by atoms with van der Waals surface area (Å²) >= 11 is 0. The van der Waals surface area contributed by atoms with Gasteiger partial charge in [0.25, 0.3) is 0 Å². The monoisotopic (exact) mass is 505 g/mol. The summed E-state index contributed by atoms with van der Waals surface area (Å²) in [6, 6.07) is 0. The smallest absolute Gasteiger partial charge is 0.0664 e. The summed E-state index contributed by atoms with van der Waals surface area (Å²) < 4.78 is 0. The number of aliphatic hydroxyl groups excluding tert-OH is 2. The zero-order valence-electron chi connectivity index (χ0n) is 23.8. The molecule has 0 aromatic heterocycles. The Hall–Kier alpha value is -1.24. The fourth-order valence-electron chi connectivity index (χ4n) is 3.79. The lowest BCUT2D eigenvalue weighted by Crippen LogP contribution is -2.38. The quantitative estimate of drug-likeness (QED) is 0.0888. The Balaban J connectivity index is 3.49. The molecule has 4 N–H and O–H groups in total. The first kappa shape index (κ1) is 34.8. The molecule has 0 heterocycles. The minimum absolute atomic E-state index is 0.256. The molecule has 0 amide bonds. The lowest BCUT2D eigenvalue weighted by molar-refractivity contribution is 0.155. The predicted molar refractivity (Wildman–Crippen MR) is 159 cm³/mol. The van der Waals surface area contributed by atoms with Crippen LogP contribution in [0.4, 0.5) is 0 Å². The first-order valence-corrected chi connectivity index (χ1v) is 14.7. The van der Waals surface area contributed by atoms with Crippen LogP contribution in [0.2, 0.25) is 0 Å². The number of allylic oxidation sites excluding steroid dienone is 8. The molecule has 0 bridgehead atoms. The average molecular weight is 506 g/mol. The van der Waals surface area contributed by atoms with Crippen molar-refractivity contribution in [3.8, 4) is 0 Å². The molecule has 0 saturated carbocycles. The van der Waals surface area contributed by atoms with Crippen molar-refractivity contribution in [3.63, 3.8) is 0 Å². The largest absolute Gasteiger partial charge is 0.392 e. The van der Waals surface area contributed by atoms with Gasteiger partial charge in [0.05, 0.1) is 12.2 Å². The van der Waals surface area contributed by atoms with Crippen LogP contribution in [0.3, 0.4) is 0 Å². The number of nitrogens with one attached hydrogen (secondary N) is 2. The van der Waals surface area contributed by atoms with Gasteiger partial charge < -0.3 is 25.7 Å². The van der Waals surface area contributed by atoms with E-state index in [1.165, 1.54) is 0 Å². The van der Waals surface area contributed by atoms with Gasteiger partial charge in [-0.25, -0.2) is 0 Å². The van der Waals surface area contributed by atoms with Crippen LogP contribution in [-0.2, 0) is 0 Å². The molecule has 2 unspecified atom stereocenters. The van der Waals surface area contributed by atoms with Crippen LogP contribution in [-0.4, -0.2) is 73.6 Å². The molecule has 0 aliphatic heterocycles. The highest BCUT2D eigenvalue weighted by molar-refractivity contribution is 4.93. The van der Waals surface area contributed by atoms with Gasteiger partial charge in [-0.15, -0.1) is 0 Å². The molecule has 5 heteroatoms. The molecule has 5 nitrogen and oxygen atoms in total. The zero-order chi connectivity index (χ0) is 26.5. The molecule has 0 fully saturated rings. The maximum absolute atomic E-state index is 10.1. The van der Waals surface area contributed by atoms with Crippen molar-refractivity contribution in [1.82, 2.24) is 15.5 Å². The van der Waals surface area contributed by atoms with Crippen molar-refractivity contribution in [3.05, 3.63) is 48.6 Å². The molecule has 0 rings (SSSR count). The standard InChI is InChI=1S/C31H59N3O2/c1-4-6-8-10-12-14-16-18-20-22-30(35)28-32-24-26-34(3)27-25-33-29-31(36)23-21-19-17-15-13-11-9-7-5-2/h6-9,12-15,30-33,35-36H,4-5,10-11,16-29H2,1-3H3/b8-6-,9-7-,14-12-,15-13-. The number of hydrogen-bond donors (Lipinski definition) is 4. The van der Waals surface area contributed by atoms with Gasteiger partial charge in [-0.2, -0.15) is 0 Å². The summed E-state index contributed by atoms with van der Waals surface area (Å²) in [6.45, 7) is 9.32. The zero-order valence-corrected chi connectivity index (χ0v) is 23.8. The van der Waals surface area contributed by atoms with Crippen LogP contribution in [0.15, 0.2) is 48.6 Å². The van der Waals surface area contributed by atoms with E-state index in [2.05, 4.69) is 85.0 Å². The van der Waals surface area contributed by atoms with E-state index in [9.17, 15) is 10.2 Å². The highest BCUT2D eigenvalue weighted by Gasteiger charge is 2.05. The van der Waals surface area contributed by atoms with E-state index in [-0.39, 0.29) is 12.2 Å². The number of unbranched alkanes of at least 4 members (excludes halogenated alkanes) is 4. The number of nitrogens with zero attached hydrogens (tertiary/aromatic N) is 1. The van der Waals surface area contributed by atoms with Crippen molar-refractivity contribution < 1.29 is 10.2 Å². The predicted octanol–water partition coefficient (Wildman–Crippen LogP) is 5.77. The molecular weight excluding hydrogens is 446 g/mol.